The highest BCUT2D eigenvalue weighted by Gasteiger charge is 2.65. The van der Waals surface area contributed by atoms with E-state index in [4.69, 9.17) is 106 Å². The van der Waals surface area contributed by atoms with Gasteiger partial charge in [-0.3, -0.25) is 27.4 Å². The van der Waals surface area contributed by atoms with Crippen LogP contribution >= 0.6 is 31.3 Å². The minimum Gasteiger partial charge on any atom is -0.477 e. The van der Waals surface area contributed by atoms with Crippen molar-refractivity contribution in [3.63, 3.8) is 0 Å². The fourth-order valence-electron chi connectivity index (χ4n) is 15.6. The molecular weight excluding hydrogens is 1950 g/mol. The van der Waals surface area contributed by atoms with Crippen LogP contribution < -0.4 is 16.8 Å². The van der Waals surface area contributed by atoms with E-state index < -0.39 is 429 Å². The second kappa shape index (κ2) is 49.6. The van der Waals surface area contributed by atoms with Crippen LogP contribution in [0.5, 0.6) is 0 Å². The number of carboxylic acids is 1. The predicted molar refractivity (Wildman–Crippen MR) is 407 cm³/mol. The van der Waals surface area contributed by atoms with Crippen LogP contribution in [-0.4, -0.2) is 564 Å². The van der Waals surface area contributed by atoms with Gasteiger partial charge in [-0.05, 0) is 0 Å². The van der Waals surface area contributed by atoms with Crippen molar-refractivity contribution >= 4 is 43.2 Å². The zero-order valence-corrected chi connectivity index (χ0v) is 73.6. The summed E-state index contributed by atoms with van der Waals surface area (Å²) in [6.07, 6.45) is -119. The van der Waals surface area contributed by atoms with E-state index in [0.717, 1.165) is 6.92 Å². The number of amides is 1. The monoisotopic (exact) mass is 2070 g/mol. The lowest BCUT2D eigenvalue weighted by molar-refractivity contribution is -0.421. The zero-order chi connectivity index (χ0) is 101. The second-order valence-electron chi connectivity index (χ2n) is 31.8. The summed E-state index contributed by atoms with van der Waals surface area (Å²) in [5, 5.41) is 330. The van der Waals surface area contributed by atoms with Crippen LogP contribution in [0, 0.1) is 0 Å². The number of carbonyl (C=O) groups is 2. The summed E-state index contributed by atoms with van der Waals surface area (Å²) in [6, 6.07) is -1.70. The van der Waals surface area contributed by atoms with E-state index in [1.165, 1.54) is 0 Å². The molecule has 9 rings (SSSR count). The summed E-state index contributed by atoms with van der Waals surface area (Å²) in [7, 11) is -23.5. The number of phosphoric ester groups is 4. The SMILES string of the molecule is CC(=O)N[C@H]1[C@H](O[C@H]2[C@@H](O)[C@@H](CO)O[C@H](O[C@@H]3[C@H](O)[C@@H](O)[C@H](O[C@H]4[C@H](O)[C@@H](O)[C@H](O[C@@H]5[C@@H](O[C@@H]6[C@@H](O[C@@H]7[C@H](O)[C@@H](O[C@H]8[C@@H]([C@H](O)CO)O[C@@](O)(C(=O)O)C[C@H]8OP(=O)(O)OP(=O)(O)OCCN)O[C@H]([C@@H](O)CO)[C@H]7O[C@@H]7O[C@H](COP(=O)(O)O)[C@@H](O)[C@H](O)[C@H]7O)O[C@H]([C@H](CO)OP(=O)(O)OCCN)[C@@H](O)[C@@H]6O)O[C@H]([C@@H](O)CO)[C@@H](O)[C@@H]5O)O[C@@H]4CO)O[C@@H]3CO)[C@@H]2O)O[C@H](CO)[C@H](O)[C@@H]1O. The van der Waals surface area contributed by atoms with Crippen molar-refractivity contribution in [3.8, 4) is 0 Å². The molecule has 9 aliphatic rings. The molecule has 70 heteroatoms. The van der Waals surface area contributed by atoms with E-state index >= 15 is 0 Å². The summed E-state index contributed by atoms with van der Waals surface area (Å²) in [5.74, 6) is -7.11. The molecule has 66 nitrogen and oxygen atoms in total. The molecule has 0 aromatic carbocycles. The number of aliphatic hydroxyl groups excluding tert-OH is 27. The van der Waals surface area contributed by atoms with Crippen LogP contribution in [0.15, 0.2) is 0 Å². The predicted octanol–water partition coefficient (Wildman–Crippen LogP) is -22.1. The van der Waals surface area contributed by atoms with Crippen molar-refractivity contribution in [2.75, 3.05) is 85.8 Å². The number of aliphatic carboxylic acids is 1. The molecule has 9 saturated heterocycles. The van der Waals surface area contributed by atoms with Gasteiger partial charge in [0.25, 0.3) is 5.79 Å². The normalized spacial score (nSPS) is 45.3. The van der Waals surface area contributed by atoms with Crippen molar-refractivity contribution in [2.24, 2.45) is 11.5 Å². The summed E-state index contributed by atoms with van der Waals surface area (Å²) in [5.41, 5.74) is 10.7. The molecule has 0 aromatic rings. The number of carbonyl (C=O) groups excluding carboxylic acids is 1. The van der Waals surface area contributed by atoms with Gasteiger partial charge in [-0.15, -0.1) is 0 Å². The van der Waals surface area contributed by atoms with Gasteiger partial charge in [0.2, 0.25) is 5.91 Å². The largest absolute Gasteiger partial charge is 0.481 e. The first kappa shape index (κ1) is 116. The summed E-state index contributed by atoms with van der Waals surface area (Å²) in [6.45, 7) is -14.5. The number of hydrogen-bond acceptors (Lipinski definition) is 59. The molecule has 9 aliphatic heterocycles. The Morgan fingerprint density at radius 3 is 1.27 bits per heavy atom. The fourth-order valence-corrected chi connectivity index (χ4v) is 19.2. The minimum absolute atomic E-state index is 0.538. The Kier molecular flexibility index (Phi) is 42.7. The van der Waals surface area contributed by atoms with Crippen LogP contribution in [0.25, 0.3) is 0 Å². The van der Waals surface area contributed by atoms with Crippen LogP contribution in [0.1, 0.15) is 13.3 Å². The van der Waals surface area contributed by atoms with E-state index in [1.54, 1.807) is 0 Å². The van der Waals surface area contributed by atoms with Crippen LogP contribution in [0.3, 0.4) is 0 Å². The van der Waals surface area contributed by atoms with Crippen molar-refractivity contribution in [1.82, 2.24) is 5.32 Å². The van der Waals surface area contributed by atoms with E-state index in [-0.39, 0.29) is 0 Å². The third-order valence-electron chi connectivity index (χ3n) is 22.4. The van der Waals surface area contributed by atoms with E-state index in [9.17, 15) is 200 Å². The molecular formula is C65H117N3O63P4. The van der Waals surface area contributed by atoms with Crippen molar-refractivity contribution in [2.45, 2.75) is 307 Å². The zero-order valence-electron chi connectivity index (χ0n) is 70.0. The Hall–Kier alpha value is -2.46. The van der Waals surface area contributed by atoms with Gasteiger partial charge in [0.15, 0.2) is 50.3 Å². The molecule has 0 bridgehead atoms. The van der Waals surface area contributed by atoms with E-state index in [1.807, 2.05) is 0 Å². The van der Waals surface area contributed by atoms with Gasteiger partial charge in [-0.2, -0.15) is 4.31 Å². The quantitative estimate of drug-likeness (QED) is 0.0252. The maximum atomic E-state index is 13.8. The van der Waals surface area contributed by atoms with Gasteiger partial charge in [0.1, 0.15) is 238 Å². The third kappa shape index (κ3) is 27.8. The molecule has 790 valence electrons. The lowest BCUT2D eigenvalue weighted by Gasteiger charge is -2.52. The number of carboxylic acid groups (broad SMARTS) is 1. The lowest BCUT2D eigenvalue weighted by Crippen LogP contribution is -2.71. The minimum atomic E-state index is -6.41. The number of hydrogen-bond donors (Lipinski definition) is 37. The average molecular weight is 2070 g/mol. The Balaban J connectivity index is 1.09. The standard InChI is InChI=1S/C65H117N3O63P4/c1-16(77)68-27-31(84)28(81)21(10-72)112-56(27)123-51-30(83)22(11-73)113-60(42(51)95)120-48-24(13-75)114-58(40(93)37(48)90)119-47-23(12-74)115-59(41(94)38(47)91)125-53-35(88)33(86)44(17(78)7-69)117-62(53)126-54-36(89)34(87)49(25(14-76)130-133(103,104)109-4-2-66)121-63(54)124-52-43(96)61(118-45(18(79)8-70)55(52)127-57-39(92)32(85)29(82)26(116-57)15-111-132(100,101)102)122-50-20(129-135(107,108)131-134(105,106)110-5-3-67)6-65(99,64(97)98)128-46(50)19(80)9-71/h17-63,69-76,78-96,99H,2-15,66-67H2,1H3,(H,68,77)(H,97,98)(H,103,104)(H,105,106)(H,107,108)(H2,100,101,102)/t17-,18-,19+,20+,21+,22+,23+,24+,25-,26+,27+,28-,29+,30-,31+,32-,33-,34-,35-,36-,37+,38+,39+,40+,41+,42+,43-,44+,45+,46+,47+,48-,49+,50+,51-,52+,53-,54-,55+,56-,57-,58-,59-,60+,61+,62+,63+,65+/m0/s1. The van der Waals surface area contributed by atoms with E-state index in [2.05, 4.69) is 18.7 Å². The third-order valence-corrected chi connectivity index (χ3v) is 26.6. The van der Waals surface area contributed by atoms with Gasteiger partial charge >= 0.3 is 37.3 Å². The second-order valence-corrected chi connectivity index (χ2v) is 37.5. The number of rotatable bonds is 45. The molecule has 1 amide bonds. The number of ether oxygens (including phenoxy) is 17. The summed E-state index contributed by atoms with van der Waals surface area (Å²) in [4.78, 5) is 76.3. The number of aliphatic hydroxyl groups is 28. The fraction of sp³-hybridized carbons (Fsp3) is 0.969. The first-order chi connectivity index (χ1) is 63.2. The maximum absolute atomic E-state index is 13.8. The molecule has 3 unspecified atom stereocenters. The highest BCUT2D eigenvalue weighted by Crippen LogP contribution is 2.62. The molecule has 39 N–H and O–H groups in total. The molecule has 9 heterocycles. The first-order valence-corrected chi connectivity index (χ1v) is 46.8. The molecule has 0 spiro atoms. The highest BCUT2D eigenvalue weighted by atomic mass is 31.3. The Bertz CT molecular complexity index is 3870. The number of phosphoric acid groups is 4. The van der Waals surface area contributed by atoms with E-state index in [0.29, 0.717) is 0 Å². The average Bonchev–Trinajstić information content (AvgIpc) is 0.746. The molecule has 0 saturated carbocycles. The number of nitrogens with one attached hydrogen (secondary N) is 1. The molecule has 51 atom stereocenters. The van der Waals surface area contributed by atoms with Crippen LogP contribution in [0.4, 0.5) is 0 Å². The lowest BCUT2D eigenvalue weighted by atomic mass is 9.91. The van der Waals surface area contributed by atoms with Gasteiger partial charge in [0, 0.05) is 26.4 Å². The molecule has 9 fully saturated rings. The smallest absolute Gasteiger partial charge is 0.477 e. The van der Waals surface area contributed by atoms with Gasteiger partial charge in [0.05, 0.1) is 72.7 Å². The van der Waals surface area contributed by atoms with Gasteiger partial charge in [-0.25, -0.2) is 23.1 Å². The van der Waals surface area contributed by atoms with Crippen LogP contribution in [0.2, 0.25) is 0 Å². The van der Waals surface area contributed by atoms with Crippen molar-refractivity contribution in [1.29, 1.82) is 0 Å². The topological polar surface area (TPSA) is 1070 Å². The van der Waals surface area contributed by atoms with Crippen molar-refractivity contribution < 1.29 is 308 Å². The van der Waals surface area contributed by atoms with Crippen molar-refractivity contribution in [3.05, 3.63) is 0 Å². The Morgan fingerprint density at radius 1 is 0.385 bits per heavy atom. The Morgan fingerprint density at radius 2 is 0.770 bits per heavy atom. The first-order valence-electron chi connectivity index (χ1n) is 40.8. The highest BCUT2D eigenvalue weighted by molar-refractivity contribution is 7.61. The number of nitrogens with two attached hydrogens (primary N) is 2. The Labute approximate surface area is 758 Å². The summed E-state index contributed by atoms with van der Waals surface area (Å²) < 4.78 is 179. The summed E-state index contributed by atoms with van der Waals surface area (Å²) >= 11 is 0. The molecule has 0 aliphatic carbocycles. The van der Waals surface area contributed by atoms with Gasteiger partial charge in [-0.1, -0.05) is 0 Å². The maximum Gasteiger partial charge on any atom is 0.481 e. The molecule has 0 aromatic heterocycles. The molecule has 0 radical (unpaired) electrons. The van der Waals surface area contributed by atoms with Gasteiger partial charge < -0.3 is 270 Å². The molecule has 135 heavy (non-hydrogen) atoms. The van der Waals surface area contributed by atoms with Crippen LogP contribution in [-0.2, 0) is 135 Å².